The fourth-order valence-corrected chi connectivity index (χ4v) is 18.2. The van der Waals surface area contributed by atoms with Gasteiger partial charge in [0.25, 0.3) is 0 Å². The molecule has 2 unspecified atom stereocenters. The van der Waals surface area contributed by atoms with E-state index in [1.54, 1.807) is 0 Å². The zero-order chi connectivity index (χ0) is 51.2. The summed E-state index contributed by atoms with van der Waals surface area (Å²) in [7, 11) is 0. The highest BCUT2D eigenvalue weighted by atomic mass is 35.5. The van der Waals surface area contributed by atoms with Crippen molar-refractivity contribution >= 4 is 86.2 Å². The summed E-state index contributed by atoms with van der Waals surface area (Å²) in [5.74, 6) is 0. The van der Waals surface area contributed by atoms with Gasteiger partial charge in [0.1, 0.15) is 0 Å². The van der Waals surface area contributed by atoms with Crippen LogP contribution in [-0.4, -0.2) is 0 Å². The molecule has 362 valence electrons. The smallest absolute Gasteiger partial charge is 0.0732 e. The normalized spacial score (nSPS) is 16.7. The number of hydrogen-bond donors (Lipinski definition) is 0. The van der Waals surface area contributed by atoms with Crippen molar-refractivity contribution in [2.45, 2.75) is 10.8 Å². The van der Waals surface area contributed by atoms with Gasteiger partial charge < -0.3 is 0 Å². The van der Waals surface area contributed by atoms with Crippen LogP contribution < -0.4 is 0 Å². The quantitative estimate of drug-likeness (QED) is 0.165. The molecule has 4 heteroatoms. The van der Waals surface area contributed by atoms with Crippen LogP contribution in [0.2, 0.25) is 10.0 Å². The fraction of sp³-hybridized carbons (Fsp3) is 0.0270. The minimum atomic E-state index is -0.610. The zero-order valence-electron chi connectivity index (χ0n) is 41.7. The van der Waals surface area contributed by atoms with Crippen LogP contribution in [0.1, 0.15) is 44.5 Å². The van der Waals surface area contributed by atoms with E-state index in [0.29, 0.717) is 0 Å². The Morgan fingerprint density at radius 2 is 0.756 bits per heavy atom. The third kappa shape index (κ3) is 5.28. The topological polar surface area (TPSA) is 0 Å². The molecule has 0 saturated carbocycles. The van der Waals surface area contributed by atoms with E-state index in [9.17, 15) is 0 Å². The monoisotopic (exact) mass is 1060 g/mol. The van der Waals surface area contributed by atoms with Gasteiger partial charge in [0, 0.05) is 67.1 Å². The van der Waals surface area contributed by atoms with E-state index in [2.05, 4.69) is 218 Å². The Morgan fingerprint density at radius 3 is 1.45 bits per heavy atom. The van der Waals surface area contributed by atoms with Gasteiger partial charge in [-0.15, -0.1) is 22.7 Å². The summed E-state index contributed by atoms with van der Waals surface area (Å²) < 4.78 is 5.21. The maximum Gasteiger partial charge on any atom is 0.0732 e. The largest absolute Gasteiger partial charge is 0.135 e. The number of thiophene rings is 2. The second-order valence-corrected chi connectivity index (χ2v) is 24.4. The van der Waals surface area contributed by atoms with Gasteiger partial charge in [-0.25, -0.2) is 0 Å². The van der Waals surface area contributed by atoms with Crippen LogP contribution >= 0.6 is 45.9 Å². The Kier molecular flexibility index (Phi) is 8.78. The molecular formula is C74H40Cl2S2. The van der Waals surface area contributed by atoms with Crippen molar-refractivity contribution in [2.24, 2.45) is 0 Å². The summed E-state index contributed by atoms with van der Waals surface area (Å²) in [5.41, 5.74) is 26.5. The number of halogens is 2. The van der Waals surface area contributed by atoms with Gasteiger partial charge in [0.05, 0.1) is 10.8 Å². The SMILES string of the molecule is Clc1ccccc1-c1cccc2c1C1(c3ccccc3-2)c2ccccc2-c2c1ccc1sc3cc(-c4ccc(-c5ccccc5Cl)c5c4-c4ccccc4C54c5ccccc5-c5c4ccc4c5sc5ccccc54)ccc3c21. The summed E-state index contributed by atoms with van der Waals surface area (Å²) in [6, 6.07) is 90.9. The van der Waals surface area contributed by atoms with Crippen LogP contribution in [0.15, 0.2) is 243 Å². The van der Waals surface area contributed by atoms with Crippen molar-refractivity contribution in [1.82, 2.24) is 0 Å². The lowest BCUT2D eigenvalue weighted by molar-refractivity contribution is 0.796. The van der Waals surface area contributed by atoms with Crippen molar-refractivity contribution in [3.8, 4) is 77.9 Å². The van der Waals surface area contributed by atoms with Gasteiger partial charge >= 0.3 is 0 Å². The Balaban J connectivity index is 0.902. The van der Waals surface area contributed by atoms with Gasteiger partial charge in [0.15, 0.2) is 0 Å². The molecule has 0 bridgehead atoms. The van der Waals surface area contributed by atoms with Gasteiger partial charge in [-0.2, -0.15) is 0 Å². The Hall–Kier alpha value is -8.34. The minimum Gasteiger partial charge on any atom is -0.135 e. The molecule has 14 aromatic rings. The Morgan fingerprint density at radius 1 is 0.269 bits per heavy atom. The molecule has 0 fully saturated rings. The molecule has 18 rings (SSSR count). The van der Waals surface area contributed by atoms with Gasteiger partial charge in [0.2, 0.25) is 0 Å². The molecule has 0 saturated heterocycles. The van der Waals surface area contributed by atoms with Crippen molar-refractivity contribution in [2.75, 3.05) is 0 Å². The van der Waals surface area contributed by atoms with Crippen LogP contribution in [-0.2, 0) is 10.8 Å². The average Bonchev–Trinajstić information content (AvgIpc) is 3.92. The maximum absolute atomic E-state index is 7.35. The highest BCUT2D eigenvalue weighted by molar-refractivity contribution is 7.26. The first-order valence-corrected chi connectivity index (χ1v) is 29.1. The number of benzene rings is 12. The van der Waals surface area contributed by atoms with Crippen LogP contribution in [0.4, 0.5) is 0 Å². The molecule has 0 N–H and O–H groups in total. The van der Waals surface area contributed by atoms with E-state index in [4.69, 9.17) is 23.2 Å². The standard InChI is InChI=1S/C74H40Cl2S2/c75-61-29-12-5-17-44(61)48-24-15-23-47-43-16-1-8-25-55(43)73(70(47)48)57-27-10-3-21-52(57)67-59(73)38-39-64-69(67)54-33-32-41(40-65(54)77-64)42-34-35-49(45-18-6-13-30-62(45)76)71-66(42)51-20-2-9-26-56(51)74(71)58-28-11-4-22-53(58)68-60(74)37-36-50-46-19-7-14-31-63(46)78-72(50)68/h1-40H. The Labute approximate surface area is 468 Å². The van der Waals surface area contributed by atoms with E-state index in [1.807, 2.05) is 46.9 Å². The molecule has 2 heterocycles. The highest BCUT2D eigenvalue weighted by Gasteiger charge is 2.55. The van der Waals surface area contributed by atoms with E-state index < -0.39 is 10.8 Å². The van der Waals surface area contributed by atoms with Gasteiger partial charge in [-0.3, -0.25) is 0 Å². The molecule has 0 aliphatic heterocycles. The molecule has 0 nitrogen and oxygen atoms in total. The summed E-state index contributed by atoms with van der Waals surface area (Å²) >= 11 is 18.3. The summed E-state index contributed by atoms with van der Waals surface area (Å²) in [4.78, 5) is 0. The van der Waals surface area contributed by atoms with Crippen LogP contribution in [0.25, 0.3) is 118 Å². The zero-order valence-corrected chi connectivity index (χ0v) is 44.8. The summed E-state index contributed by atoms with van der Waals surface area (Å²) in [5, 5.41) is 6.73. The molecule has 0 radical (unpaired) electrons. The van der Waals surface area contributed by atoms with E-state index in [0.717, 1.165) is 26.7 Å². The number of hydrogen-bond acceptors (Lipinski definition) is 2. The second kappa shape index (κ2) is 15.7. The number of rotatable bonds is 3. The van der Waals surface area contributed by atoms with Crippen molar-refractivity contribution in [3.63, 3.8) is 0 Å². The highest BCUT2D eigenvalue weighted by Crippen LogP contribution is 2.69. The lowest BCUT2D eigenvalue weighted by Gasteiger charge is -2.32. The molecular weight excluding hydrogens is 1020 g/mol. The summed E-state index contributed by atoms with van der Waals surface area (Å²) in [6.45, 7) is 0. The van der Waals surface area contributed by atoms with Crippen LogP contribution in [0.3, 0.4) is 0 Å². The third-order valence-electron chi connectivity index (χ3n) is 18.1. The molecule has 2 aromatic heterocycles. The van der Waals surface area contributed by atoms with Crippen LogP contribution in [0, 0.1) is 0 Å². The molecule has 0 amide bonds. The van der Waals surface area contributed by atoms with Crippen molar-refractivity contribution in [1.29, 1.82) is 0 Å². The fourth-order valence-electron chi connectivity index (χ4n) is 15.3. The van der Waals surface area contributed by atoms with E-state index in [-0.39, 0.29) is 0 Å². The molecule has 4 aliphatic rings. The second-order valence-electron chi connectivity index (χ2n) is 21.4. The third-order valence-corrected chi connectivity index (χ3v) is 21.1. The first-order valence-electron chi connectivity index (χ1n) is 26.7. The lowest BCUT2D eigenvalue weighted by atomic mass is 9.68. The molecule has 78 heavy (non-hydrogen) atoms. The maximum atomic E-state index is 7.35. The number of fused-ring (bicyclic) bond motifs is 28. The average molecular weight is 1060 g/mol. The molecule has 4 aliphatic carbocycles. The molecule has 2 atom stereocenters. The van der Waals surface area contributed by atoms with Gasteiger partial charge in [-0.05, 0) is 136 Å². The van der Waals surface area contributed by atoms with Crippen LogP contribution in [0.5, 0.6) is 0 Å². The first kappa shape index (κ1) is 43.7. The van der Waals surface area contributed by atoms with Gasteiger partial charge in [-0.1, -0.05) is 236 Å². The van der Waals surface area contributed by atoms with Crippen molar-refractivity contribution in [3.05, 3.63) is 297 Å². The minimum absolute atomic E-state index is 0.552. The summed E-state index contributed by atoms with van der Waals surface area (Å²) in [6.07, 6.45) is 0. The first-order chi connectivity index (χ1) is 38.5. The lowest BCUT2D eigenvalue weighted by Crippen LogP contribution is -2.26. The predicted molar refractivity (Wildman–Crippen MR) is 331 cm³/mol. The molecule has 12 aromatic carbocycles. The van der Waals surface area contributed by atoms with Crippen molar-refractivity contribution < 1.29 is 0 Å². The predicted octanol–water partition coefficient (Wildman–Crippen LogP) is 21.4. The Bertz CT molecular complexity index is 5030. The molecule has 2 spiro atoms. The van der Waals surface area contributed by atoms with E-state index >= 15 is 0 Å². The van der Waals surface area contributed by atoms with E-state index in [1.165, 1.54) is 146 Å².